The van der Waals surface area contributed by atoms with E-state index in [1.165, 1.54) is 97.5 Å². The van der Waals surface area contributed by atoms with E-state index in [1.807, 2.05) is 0 Å². The van der Waals surface area contributed by atoms with Gasteiger partial charge in [0.25, 0.3) is 0 Å². The average Bonchev–Trinajstić information content (AvgIpc) is 1.47. The molecule has 0 unspecified atom stereocenters. The summed E-state index contributed by atoms with van der Waals surface area (Å²) in [5.41, 5.74) is 19.8. The predicted molar refractivity (Wildman–Crippen MR) is 375 cm³/mol. The summed E-state index contributed by atoms with van der Waals surface area (Å²) in [6.07, 6.45) is 0. The number of hydrogen-bond acceptors (Lipinski definition) is 0. The number of nitrogens with zero attached hydrogens (tertiary/aromatic N) is 3. The van der Waals surface area contributed by atoms with Gasteiger partial charge in [-0.1, -0.05) is 267 Å². The summed E-state index contributed by atoms with van der Waals surface area (Å²) >= 11 is 0. The molecule has 4 heteroatoms. The van der Waals surface area contributed by atoms with Crippen LogP contribution >= 0.6 is 0 Å². The highest BCUT2D eigenvalue weighted by molar-refractivity contribution is 7.20. The van der Waals surface area contributed by atoms with Crippen LogP contribution < -0.4 is 20.7 Å². The van der Waals surface area contributed by atoms with Crippen molar-refractivity contribution in [2.24, 2.45) is 0 Å². The molecular weight excluding hydrogens is 1080 g/mol. The number of aromatic nitrogens is 3. The predicted octanol–water partition coefficient (Wildman–Crippen LogP) is 19.0. The summed E-state index contributed by atoms with van der Waals surface area (Å²) in [5.74, 6) is 0. The summed E-state index contributed by atoms with van der Waals surface area (Å²) in [6.45, 7) is 0. The minimum Gasteiger partial charge on any atom is -0.309 e. The Balaban J connectivity index is 0.936. The normalized spacial score (nSPS) is 11.9. The number of hydrogen-bond donors (Lipinski definition) is 0. The molecular formula is C84H57N3Si. The third-order valence-corrected chi connectivity index (χ3v) is 23.1. The molecule has 3 heterocycles. The van der Waals surface area contributed by atoms with Crippen molar-refractivity contribution in [3.8, 4) is 61.6 Å². The van der Waals surface area contributed by atoms with Crippen LogP contribution in [-0.2, 0) is 0 Å². The molecule has 14 aromatic carbocycles. The quantitative estimate of drug-likeness (QED) is 0.0906. The molecule has 0 radical (unpaired) electrons. The largest absolute Gasteiger partial charge is 0.309 e. The molecule has 0 aliphatic heterocycles. The van der Waals surface area contributed by atoms with Gasteiger partial charge in [-0.15, -0.1) is 0 Å². The Morgan fingerprint density at radius 1 is 0.159 bits per heavy atom. The molecule has 0 atom stereocenters. The van der Waals surface area contributed by atoms with Crippen molar-refractivity contribution < 1.29 is 0 Å². The number of rotatable bonds is 11. The van der Waals surface area contributed by atoms with Gasteiger partial charge in [-0.2, -0.15) is 0 Å². The Hall–Kier alpha value is -11.3. The van der Waals surface area contributed by atoms with Crippen molar-refractivity contribution in [1.29, 1.82) is 0 Å². The van der Waals surface area contributed by atoms with Crippen molar-refractivity contribution >= 4 is 94.2 Å². The van der Waals surface area contributed by atoms with E-state index in [0.29, 0.717) is 0 Å². The Kier molecular flexibility index (Phi) is 12.2. The second-order valence-electron chi connectivity index (χ2n) is 23.2. The minimum atomic E-state index is -3.19. The third-order valence-electron chi connectivity index (χ3n) is 18.3. The number of para-hydroxylation sites is 3. The number of fused-ring (bicyclic) bond motifs is 9. The van der Waals surface area contributed by atoms with Gasteiger partial charge in [0.05, 0.1) is 33.1 Å². The standard InChI is InChI=1S/C84H57N3Si/c1-7-25-58(26-8-1)62-43-46-82-76(54-62)78-57-71(88(69-33-15-5-16-34-69,70-35-17-6-18-36-70)72-52-63(59-27-9-2-10-28-59)49-64(53-72)60-29-11-3-12-30-60)45-48-84(78)87(82)68-51-65(61-31-13-4-14-32-61)50-67(55-68)86-81-42-24-21-39-75(81)77-56-66(44-47-83(77)86)85-79-40-22-19-37-73(79)74-38-20-23-41-80(74)85/h1-57H. The molecule has 0 aliphatic rings. The van der Waals surface area contributed by atoms with Crippen molar-refractivity contribution in [1.82, 2.24) is 13.7 Å². The van der Waals surface area contributed by atoms with Gasteiger partial charge in [-0.25, -0.2) is 0 Å². The molecule has 88 heavy (non-hydrogen) atoms. The fourth-order valence-corrected chi connectivity index (χ4v) is 19.2. The van der Waals surface area contributed by atoms with Gasteiger partial charge in [-0.3, -0.25) is 0 Å². The Morgan fingerprint density at radius 2 is 0.500 bits per heavy atom. The molecule has 0 amide bonds. The molecule has 0 saturated carbocycles. The molecule has 0 saturated heterocycles. The zero-order chi connectivity index (χ0) is 58.1. The van der Waals surface area contributed by atoms with Crippen molar-refractivity contribution in [2.75, 3.05) is 0 Å². The molecule has 3 aromatic heterocycles. The van der Waals surface area contributed by atoms with Gasteiger partial charge >= 0.3 is 0 Å². The maximum atomic E-state index is 2.58. The first-order chi connectivity index (χ1) is 43.6. The topological polar surface area (TPSA) is 14.8 Å². The first kappa shape index (κ1) is 51.1. The van der Waals surface area contributed by atoms with Gasteiger partial charge in [0, 0.05) is 49.4 Å². The van der Waals surface area contributed by atoms with Gasteiger partial charge in [0.2, 0.25) is 0 Å². The van der Waals surface area contributed by atoms with Crippen LogP contribution in [0.15, 0.2) is 346 Å². The summed E-state index contributed by atoms with van der Waals surface area (Å²) < 4.78 is 7.45. The lowest BCUT2D eigenvalue weighted by atomic mass is 9.99. The summed E-state index contributed by atoms with van der Waals surface area (Å²) in [4.78, 5) is 0. The second kappa shape index (κ2) is 21.0. The van der Waals surface area contributed by atoms with E-state index >= 15 is 0 Å². The van der Waals surface area contributed by atoms with Crippen LogP contribution in [0.25, 0.3) is 127 Å². The minimum absolute atomic E-state index is 1.09. The molecule has 0 bridgehead atoms. The maximum Gasteiger partial charge on any atom is 0.179 e. The highest BCUT2D eigenvalue weighted by Crippen LogP contribution is 2.41. The van der Waals surface area contributed by atoms with Gasteiger partial charge in [-0.05, 0) is 144 Å². The van der Waals surface area contributed by atoms with Crippen molar-refractivity contribution in [3.05, 3.63) is 346 Å². The van der Waals surface area contributed by atoms with Crippen LogP contribution in [0.5, 0.6) is 0 Å². The van der Waals surface area contributed by atoms with Crippen molar-refractivity contribution in [2.45, 2.75) is 0 Å². The van der Waals surface area contributed by atoms with Crippen molar-refractivity contribution in [3.63, 3.8) is 0 Å². The fourth-order valence-electron chi connectivity index (χ4n) is 14.4. The van der Waals surface area contributed by atoms with E-state index in [2.05, 4.69) is 359 Å². The molecule has 17 aromatic rings. The highest BCUT2D eigenvalue weighted by Gasteiger charge is 2.42. The lowest BCUT2D eigenvalue weighted by Gasteiger charge is -2.35. The lowest BCUT2D eigenvalue weighted by molar-refractivity contribution is 1.13. The molecule has 0 spiro atoms. The van der Waals surface area contributed by atoms with E-state index in [9.17, 15) is 0 Å². The smallest absolute Gasteiger partial charge is 0.179 e. The van der Waals surface area contributed by atoms with Crippen LogP contribution in [0.4, 0.5) is 0 Å². The van der Waals surface area contributed by atoms with Crippen LogP contribution in [0, 0.1) is 0 Å². The molecule has 0 aliphatic carbocycles. The zero-order valence-corrected chi connectivity index (χ0v) is 49.3. The molecule has 0 fully saturated rings. The van der Waals surface area contributed by atoms with Crippen LogP contribution in [0.1, 0.15) is 0 Å². The Bertz CT molecular complexity index is 5320. The Labute approximate surface area is 512 Å². The van der Waals surface area contributed by atoms with E-state index < -0.39 is 8.07 Å². The van der Waals surface area contributed by atoms with Crippen LogP contribution in [-0.4, -0.2) is 21.8 Å². The monoisotopic (exact) mass is 1140 g/mol. The first-order valence-electron chi connectivity index (χ1n) is 30.4. The molecule has 3 nitrogen and oxygen atoms in total. The van der Waals surface area contributed by atoms with Gasteiger partial charge in [0.1, 0.15) is 0 Å². The fraction of sp³-hybridized carbons (Fsp3) is 0. The SMILES string of the molecule is c1ccc(-c2cc(-n3c4ccccc4c4cc(-n5c6ccccc6c6ccccc65)ccc43)cc(-n3c4ccc(-c5ccccc5)cc4c4cc([Si](c5ccccc5)(c5ccccc5)c5cc(-c6ccccc6)cc(-c6ccccc6)c5)ccc43)c2)cc1. The summed E-state index contributed by atoms with van der Waals surface area (Å²) in [6, 6.07) is 129. The van der Waals surface area contributed by atoms with E-state index in [4.69, 9.17) is 0 Å². The van der Waals surface area contributed by atoms with Crippen LogP contribution in [0.3, 0.4) is 0 Å². The van der Waals surface area contributed by atoms with Gasteiger partial charge in [0.15, 0.2) is 8.07 Å². The third kappa shape index (κ3) is 8.33. The van der Waals surface area contributed by atoms with Crippen LogP contribution in [0.2, 0.25) is 0 Å². The summed E-state index contributed by atoms with van der Waals surface area (Å²) in [7, 11) is -3.19. The average molecular weight is 1140 g/mol. The maximum absolute atomic E-state index is 3.19. The first-order valence-corrected chi connectivity index (χ1v) is 32.4. The highest BCUT2D eigenvalue weighted by atomic mass is 28.3. The number of benzene rings is 14. The molecule has 0 N–H and O–H groups in total. The van der Waals surface area contributed by atoms with Gasteiger partial charge < -0.3 is 13.7 Å². The Morgan fingerprint density at radius 3 is 0.977 bits per heavy atom. The molecule has 17 rings (SSSR count). The van der Waals surface area contributed by atoms with E-state index in [1.54, 1.807) is 0 Å². The van der Waals surface area contributed by atoms with E-state index in [0.717, 1.165) is 50.3 Å². The summed E-state index contributed by atoms with van der Waals surface area (Å²) in [5, 5.41) is 12.6. The lowest BCUT2D eigenvalue weighted by Crippen LogP contribution is -2.74. The van der Waals surface area contributed by atoms with E-state index in [-0.39, 0.29) is 0 Å². The second-order valence-corrected chi connectivity index (χ2v) is 27.0. The molecule has 412 valence electrons. The zero-order valence-electron chi connectivity index (χ0n) is 48.3.